The van der Waals surface area contributed by atoms with Crippen molar-refractivity contribution in [3.8, 4) is 0 Å². The zero-order valence-corrected chi connectivity index (χ0v) is 15.7. The first-order valence-corrected chi connectivity index (χ1v) is 9.82. The van der Waals surface area contributed by atoms with Crippen LogP contribution < -0.4 is 9.62 Å². The van der Waals surface area contributed by atoms with Crippen molar-refractivity contribution in [3.63, 3.8) is 0 Å². The van der Waals surface area contributed by atoms with E-state index in [-0.39, 0.29) is 10.7 Å². The summed E-state index contributed by atoms with van der Waals surface area (Å²) in [5, 5.41) is 8.54. The average molecular weight is 396 g/mol. The van der Waals surface area contributed by atoms with Crippen molar-refractivity contribution >= 4 is 39.7 Å². The number of sulfonamides is 1. The number of benzene rings is 1. The number of aryl methyl sites for hydroxylation is 1. The molecule has 138 valence electrons. The third-order valence-electron chi connectivity index (χ3n) is 4.12. The highest BCUT2D eigenvalue weighted by Gasteiger charge is 2.19. The molecule has 1 amide bonds. The molecule has 0 bridgehead atoms. The van der Waals surface area contributed by atoms with Crippen LogP contribution in [0.2, 0.25) is 5.02 Å². The highest BCUT2D eigenvalue weighted by atomic mass is 35.5. The summed E-state index contributed by atoms with van der Waals surface area (Å²) in [6.45, 7) is 4.29. The summed E-state index contributed by atoms with van der Waals surface area (Å²) in [6.07, 6.45) is 0.833. The number of rotatable bonds is 5. The first kappa shape index (κ1) is 18.4. The van der Waals surface area contributed by atoms with E-state index in [0.29, 0.717) is 42.6 Å². The fourth-order valence-corrected chi connectivity index (χ4v) is 3.78. The van der Waals surface area contributed by atoms with E-state index in [1.807, 2.05) is 4.90 Å². The lowest BCUT2D eigenvalue weighted by atomic mass is 10.2. The number of amides is 1. The molecule has 8 nitrogen and oxygen atoms in total. The van der Waals surface area contributed by atoms with Gasteiger partial charge >= 0.3 is 0 Å². The van der Waals surface area contributed by atoms with E-state index in [1.165, 1.54) is 12.1 Å². The lowest BCUT2D eigenvalue weighted by Crippen LogP contribution is -2.46. The Kier molecular flexibility index (Phi) is 5.28. The molecule has 1 aromatic carbocycles. The van der Waals surface area contributed by atoms with E-state index >= 15 is 0 Å². The molecule has 1 aliphatic heterocycles. The standard InChI is InChI=1S/C16H18ClN5O3S/c1-12-10-13(2-3-14(12)17)26(24,25)20-15-4-5-16(19-18-15)22-8-6-21(11-23)7-9-22/h2-5,10-11H,6-9H2,1H3,(H,18,20). The van der Waals surface area contributed by atoms with Crippen LogP contribution >= 0.6 is 11.6 Å². The Hall–Kier alpha value is -2.39. The third-order valence-corrected chi connectivity index (χ3v) is 5.89. The maximum atomic E-state index is 12.4. The molecule has 1 saturated heterocycles. The van der Waals surface area contributed by atoms with E-state index < -0.39 is 10.0 Å². The van der Waals surface area contributed by atoms with Crippen molar-refractivity contribution in [1.29, 1.82) is 0 Å². The third kappa shape index (κ3) is 4.05. The van der Waals surface area contributed by atoms with Gasteiger partial charge in [0.1, 0.15) is 0 Å². The van der Waals surface area contributed by atoms with Crippen LogP contribution in [-0.4, -0.2) is 56.1 Å². The van der Waals surface area contributed by atoms with Gasteiger partial charge in [-0.1, -0.05) is 11.6 Å². The molecule has 1 aromatic heterocycles. The van der Waals surface area contributed by atoms with Crippen LogP contribution in [0.4, 0.5) is 11.6 Å². The maximum Gasteiger partial charge on any atom is 0.263 e. The molecular formula is C16H18ClN5O3S. The van der Waals surface area contributed by atoms with Gasteiger partial charge < -0.3 is 9.80 Å². The number of piperazine rings is 1. The Morgan fingerprint density at radius 2 is 1.85 bits per heavy atom. The summed E-state index contributed by atoms with van der Waals surface area (Å²) in [4.78, 5) is 14.5. The molecule has 0 aliphatic carbocycles. The number of halogens is 1. The molecule has 1 fully saturated rings. The lowest BCUT2D eigenvalue weighted by Gasteiger charge is -2.32. The molecule has 2 aromatic rings. The monoisotopic (exact) mass is 395 g/mol. The van der Waals surface area contributed by atoms with Crippen molar-refractivity contribution in [2.45, 2.75) is 11.8 Å². The number of aromatic nitrogens is 2. The maximum absolute atomic E-state index is 12.4. The van der Waals surface area contributed by atoms with Crippen LogP contribution in [0, 0.1) is 6.92 Å². The quantitative estimate of drug-likeness (QED) is 0.771. The molecule has 0 atom stereocenters. The topological polar surface area (TPSA) is 95.5 Å². The highest BCUT2D eigenvalue weighted by Crippen LogP contribution is 2.21. The number of carbonyl (C=O) groups is 1. The average Bonchev–Trinajstić information content (AvgIpc) is 2.64. The molecule has 0 spiro atoms. The smallest absolute Gasteiger partial charge is 0.263 e. The molecule has 0 unspecified atom stereocenters. The first-order valence-electron chi connectivity index (χ1n) is 7.96. The minimum absolute atomic E-state index is 0.107. The van der Waals surface area contributed by atoms with Gasteiger partial charge in [-0.15, -0.1) is 10.2 Å². The van der Waals surface area contributed by atoms with Gasteiger partial charge in [-0.25, -0.2) is 8.42 Å². The van der Waals surface area contributed by atoms with Crippen molar-refractivity contribution in [2.24, 2.45) is 0 Å². The molecule has 0 radical (unpaired) electrons. The normalized spacial score (nSPS) is 15.0. The number of nitrogens with one attached hydrogen (secondary N) is 1. The number of hydrogen-bond acceptors (Lipinski definition) is 6. The lowest BCUT2D eigenvalue weighted by molar-refractivity contribution is -0.118. The van der Waals surface area contributed by atoms with Gasteiger partial charge in [0.25, 0.3) is 10.0 Å². The second-order valence-electron chi connectivity index (χ2n) is 5.92. The molecule has 26 heavy (non-hydrogen) atoms. The minimum Gasteiger partial charge on any atom is -0.352 e. The Labute approximate surface area is 156 Å². The van der Waals surface area contributed by atoms with E-state index in [0.717, 1.165) is 6.41 Å². The Morgan fingerprint density at radius 3 is 2.42 bits per heavy atom. The fraction of sp³-hybridized carbons (Fsp3) is 0.312. The van der Waals surface area contributed by atoms with Crippen LogP contribution in [0.5, 0.6) is 0 Å². The number of hydrogen-bond donors (Lipinski definition) is 1. The minimum atomic E-state index is -3.77. The zero-order chi connectivity index (χ0) is 18.7. The van der Waals surface area contributed by atoms with Crippen LogP contribution in [0.25, 0.3) is 0 Å². The van der Waals surface area contributed by atoms with Crippen molar-refractivity contribution < 1.29 is 13.2 Å². The predicted octanol–water partition coefficient (Wildman–Crippen LogP) is 1.52. The van der Waals surface area contributed by atoms with Gasteiger partial charge in [-0.2, -0.15) is 0 Å². The van der Waals surface area contributed by atoms with Crippen LogP contribution in [0.3, 0.4) is 0 Å². The van der Waals surface area contributed by atoms with Gasteiger partial charge in [0.05, 0.1) is 4.90 Å². The second kappa shape index (κ2) is 7.46. The number of nitrogens with zero attached hydrogens (tertiary/aromatic N) is 4. The van der Waals surface area contributed by atoms with Crippen LogP contribution in [0.15, 0.2) is 35.2 Å². The van der Waals surface area contributed by atoms with Crippen molar-refractivity contribution in [3.05, 3.63) is 40.9 Å². The molecular weight excluding hydrogens is 378 g/mol. The summed E-state index contributed by atoms with van der Waals surface area (Å²) in [7, 11) is -3.77. The fourth-order valence-electron chi connectivity index (χ4n) is 2.59. The Balaban J connectivity index is 1.70. The highest BCUT2D eigenvalue weighted by molar-refractivity contribution is 7.92. The number of carbonyl (C=O) groups excluding carboxylic acids is 1. The van der Waals surface area contributed by atoms with E-state index in [4.69, 9.17) is 11.6 Å². The zero-order valence-electron chi connectivity index (χ0n) is 14.1. The SMILES string of the molecule is Cc1cc(S(=O)(=O)Nc2ccc(N3CCN(C=O)CC3)nn2)ccc1Cl. The molecule has 2 heterocycles. The van der Waals surface area contributed by atoms with Crippen molar-refractivity contribution in [2.75, 3.05) is 35.8 Å². The Bertz CT molecular complexity index is 897. The summed E-state index contributed by atoms with van der Waals surface area (Å²) in [5.41, 5.74) is 0.672. The largest absolute Gasteiger partial charge is 0.352 e. The van der Waals surface area contributed by atoms with Gasteiger partial charge in [-0.3, -0.25) is 9.52 Å². The molecule has 3 rings (SSSR count). The molecule has 1 N–H and O–H groups in total. The van der Waals surface area contributed by atoms with Gasteiger partial charge in [0, 0.05) is 31.2 Å². The summed E-state index contributed by atoms with van der Waals surface area (Å²) < 4.78 is 27.3. The van der Waals surface area contributed by atoms with E-state index in [9.17, 15) is 13.2 Å². The Morgan fingerprint density at radius 1 is 1.12 bits per heavy atom. The summed E-state index contributed by atoms with van der Waals surface area (Å²) in [6, 6.07) is 7.74. The van der Waals surface area contributed by atoms with E-state index in [2.05, 4.69) is 14.9 Å². The van der Waals surface area contributed by atoms with Gasteiger partial charge in [0.15, 0.2) is 11.6 Å². The number of anilines is 2. The van der Waals surface area contributed by atoms with Gasteiger partial charge in [-0.05, 0) is 42.8 Å². The van der Waals surface area contributed by atoms with E-state index in [1.54, 1.807) is 30.0 Å². The first-order chi connectivity index (χ1) is 12.4. The summed E-state index contributed by atoms with van der Waals surface area (Å²) >= 11 is 5.94. The van der Waals surface area contributed by atoms with Crippen molar-refractivity contribution in [1.82, 2.24) is 15.1 Å². The van der Waals surface area contributed by atoms with Crippen LogP contribution in [0.1, 0.15) is 5.56 Å². The molecule has 1 aliphatic rings. The van der Waals surface area contributed by atoms with Crippen LogP contribution in [-0.2, 0) is 14.8 Å². The molecule has 0 saturated carbocycles. The predicted molar refractivity (Wildman–Crippen MR) is 98.9 cm³/mol. The summed E-state index contributed by atoms with van der Waals surface area (Å²) in [5.74, 6) is 0.772. The van der Waals surface area contributed by atoms with Gasteiger partial charge in [0.2, 0.25) is 6.41 Å². The molecule has 10 heteroatoms. The second-order valence-corrected chi connectivity index (χ2v) is 8.01.